The van der Waals surface area contributed by atoms with E-state index >= 15 is 0 Å². The Labute approximate surface area is 167 Å². The van der Waals surface area contributed by atoms with Crippen LogP contribution in [-0.4, -0.2) is 19.7 Å². The van der Waals surface area contributed by atoms with E-state index in [0.29, 0.717) is 6.42 Å². The van der Waals surface area contributed by atoms with Crippen molar-refractivity contribution in [1.82, 2.24) is 19.7 Å². The van der Waals surface area contributed by atoms with Crippen LogP contribution < -0.4 is 0 Å². The molecule has 4 aromatic rings. The van der Waals surface area contributed by atoms with Crippen LogP contribution in [0, 0.1) is 0 Å². The van der Waals surface area contributed by atoms with Crippen molar-refractivity contribution in [3.63, 3.8) is 0 Å². The molecule has 0 spiro atoms. The fraction of sp³-hybridized carbons (Fsp3) is 0.0952. The molecule has 6 heteroatoms. The summed E-state index contributed by atoms with van der Waals surface area (Å²) < 4.78 is 2.12. The van der Waals surface area contributed by atoms with Gasteiger partial charge in [-0.2, -0.15) is 0 Å². The molecule has 0 N–H and O–H groups in total. The summed E-state index contributed by atoms with van der Waals surface area (Å²) in [6, 6.07) is 22.1. The third-order valence-electron chi connectivity index (χ3n) is 4.08. The number of hydrogen-bond donors (Lipinski definition) is 0. The average molecular weight is 393 g/mol. The van der Waals surface area contributed by atoms with Crippen molar-refractivity contribution >= 4 is 23.4 Å². The topological polar surface area (TPSA) is 43.6 Å². The monoisotopic (exact) mass is 392 g/mol. The minimum atomic E-state index is 0.687. The van der Waals surface area contributed by atoms with Gasteiger partial charge in [0, 0.05) is 35.3 Å². The van der Waals surface area contributed by atoms with Crippen LogP contribution in [0.5, 0.6) is 0 Å². The zero-order valence-electron chi connectivity index (χ0n) is 14.5. The van der Waals surface area contributed by atoms with E-state index < -0.39 is 0 Å². The molecule has 0 bridgehead atoms. The fourth-order valence-corrected chi connectivity index (χ4v) is 3.79. The van der Waals surface area contributed by atoms with Crippen LogP contribution in [-0.2, 0) is 12.2 Å². The third-order valence-corrected chi connectivity index (χ3v) is 5.33. The summed E-state index contributed by atoms with van der Waals surface area (Å²) in [5, 5.41) is 10.5. The van der Waals surface area contributed by atoms with Crippen molar-refractivity contribution in [1.29, 1.82) is 0 Å². The summed E-state index contributed by atoms with van der Waals surface area (Å²) in [7, 11) is 0. The van der Waals surface area contributed by atoms with Gasteiger partial charge >= 0.3 is 0 Å². The van der Waals surface area contributed by atoms with Gasteiger partial charge in [0.05, 0.1) is 0 Å². The van der Waals surface area contributed by atoms with E-state index in [4.69, 9.17) is 11.6 Å². The summed E-state index contributed by atoms with van der Waals surface area (Å²) in [5.74, 6) is 1.69. The van der Waals surface area contributed by atoms with E-state index in [1.54, 1.807) is 18.0 Å². The number of hydrogen-bond acceptors (Lipinski definition) is 4. The lowest BCUT2D eigenvalue weighted by atomic mass is 10.1. The Bertz CT molecular complexity index is 1000. The van der Waals surface area contributed by atoms with Crippen molar-refractivity contribution in [3.8, 4) is 5.69 Å². The molecular formula is C21H17ClN4S. The van der Waals surface area contributed by atoms with Crippen molar-refractivity contribution in [2.75, 3.05) is 0 Å². The first kappa shape index (κ1) is 17.8. The summed E-state index contributed by atoms with van der Waals surface area (Å²) in [6.45, 7) is 0. The third kappa shape index (κ3) is 4.38. The first-order valence-corrected chi connectivity index (χ1v) is 9.92. The quantitative estimate of drug-likeness (QED) is 0.423. The highest BCUT2D eigenvalue weighted by Gasteiger charge is 2.15. The van der Waals surface area contributed by atoms with Gasteiger partial charge in [-0.05, 0) is 41.5 Å². The lowest BCUT2D eigenvalue weighted by molar-refractivity contribution is 0.847. The van der Waals surface area contributed by atoms with Crippen LogP contribution in [0.4, 0.5) is 0 Å². The van der Waals surface area contributed by atoms with Crippen LogP contribution in [0.2, 0.25) is 5.02 Å². The van der Waals surface area contributed by atoms with Crippen LogP contribution in [0.25, 0.3) is 5.69 Å². The number of para-hydroxylation sites is 1. The van der Waals surface area contributed by atoms with E-state index in [2.05, 4.69) is 37.9 Å². The maximum absolute atomic E-state index is 6.00. The van der Waals surface area contributed by atoms with E-state index in [-0.39, 0.29) is 0 Å². The molecule has 0 fully saturated rings. The molecule has 27 heavy (non-hydrogen) atoms. The predicted molar refractivity (Wildman–Crippen MR) is 109 cm³/mol. The number of pyridine rings is 1. The minimum Gasteiger partial charge on any atom is -0.274 e. The number of aromatic nitrogens is 4. The number of thioether (sulfide) groups is 1. The van der Waals surface area contributed by atoms with Gasteiger partial charge in [-0.3, -0.25) is 9.55 Å². The Balaban J connectivity index is 1.65. The molecular weight excluding hydrogens is 376 g/mol. The maximum Gasteiger partial charge on any atom is 0.196 e. The van der Waals surface area contributed by atoms with E-state index in [1.807, 2.05) is 54.7 Å². The Morgan fingerprint density at radius 1 is 0.852 bits per heavy atom. The normalized spacial score (nSPS) is 10.9. The number of halogens is 1. The zero-order valence-corrected chi connectivity index (χ0v) is 16.1. The molecule has 2 heterocycles. The standard InChI is InChI=1S/C21H17ClN4S/c22-18-10-8-16(9-11-18)13-20-24-25-21(26(20)19-6-2-1-3-7-19)27-15-17-5-4-12-23-14-17/h1-12,14H,13,15H2. The van der Waals surface area contributed by atoms with Gasteiger partial charge in [0.1, 0.15) is 5.82 Å². The molecule has 0 unspecified atom stereocenters. The number of rotatable bonds is 6. The second-order valence-corrected chi connectivity index (χ2v) is 7.40. The molecule has 0 aliphatic heterocycles. The zero-order chi connectivity index (χ0) is 18.5. The van der Waals surface area contributed by atoms with E-state index in [9.17, 15) is 0 Å². The van der Waals surface area contributed by atoms with Crippen LogP contribution in [0.1, 0.15) is 17.0 Å². The lowest BCUT2D eigenvalue weighted by Gasteiger charge is -2.10. The largest absolute Gasteiger partial charge is 0.274 e. The minimum absolute atomic E-state index is 0.687. The molecule has 134 valence electrons. The summed E-state index contributed by atoms with van der Waals surface area (Å²) in [6.07, 6.45) is 4.35. The Morgan fingerprint density at radius 3 is 2.41 bits per heavy atom. The smallest absolute Gasteiger partial charge is 0.196 e. The van der Waals surface area contributed by atoms with Gasteiger partial charge in [-0.1, -0.05) is 59.8 Å². The van der Waals surface area contributed by atoms with Crippen LogP contribution >= 0.6 is 23.4 Å². The second kappa shape index (κ2) is 8.37. The Kier molecular flexibility index (Phi) is 5.51. The highest BCUT2D eigenvalue weighted by atomic mass is 35.5. The molecule has 0 saturated carbocycles. The van der Waals surface area contributed by atoms with E-state index in [0.717, 1.165) is 38.6 Å². The van der Waals surface area contributed by atoms with Gasteiger partial charge in [0.25, 0.3) is 0 Å². The second-order valence-electron chi connectivity index (χ2n) is 6.02. The van der Waals surface area contributed by atoms with Crippen molar-refractivity contribution in [2.45, 2.75) is 17.3 Å². The van der Waals surface area contributed by atoms with Crippen molar-refractivity contribution in [2.24, 2.45) is 0 Å². The molecule has 4 rings (SSSR count). The predicted octanol–water partition coefficient (Wildman–Crippen LogP) is 5.20. The van der Waals surface area contributed by atoms with Gasteiger partial charge in [0.15, 0.2) is 5.16 Å². The summed E-state index contributed by atoms with van der Waals surface area (Å²) in [5.41, 5.74) is 3.36. The van der Waals surface area contributed by atoms with Gasteiger partial charge < -0.3 is 0 Å². The summed E-state index contributed by atoms with van der Waals surface area (Å²) in [4.78, 5) is 4.18. The molecule has 0 aliphatic carbocycles. The van der Waals surface area contributed by atoms with Gasteiger partial charge in [0.2, 0.25) is 0 Å². The molecule has 2 aromatic carbocycles. The Morgan fingerprint density at radius 2 is 1.67 bits per heavy atom. The SMILES string of the molecule is Clc1ccc(Cc2nnc(SCc3cccnc3)n2-c2ccccc2)cc1. The van der Waals surface area contributed by atoms with Gasteiger partial charge in [-0.25, -0.2) is 0 Å². The highest BCUT2D eigenvalue weighted by Crippen LogP contribution is 2.26. The van der Waals surface area contributed by atoms with Crippen LogP contribution in [0.3, 0.4) is 0 Å². The maximum atomic E-state index is 6.00. The molecule has 4 nitrogen and oxygen atoms in total. The molecule has 0 atom stereocenters. The molecule has 2 aromatic heterocycles. The molecule has 0 saturated heterocycles. The van der Waals surface area contributed by atoms with E-state index in [1.165, 1.54) is 0 Å². The average Bonchev–Trinajstić information content (AvgIpc) is 3.12. The molecule has 0 radical (unpaired) electrons. The first-order valence-electron chi connectivity index (χ1n) is 8.55. The number of nitrogens with zero attached hydrogens (tertiary/aromatic N) is 4. The van der Waals surface area contributed by atoms with Crippen LogP contribution in [0.15, 0.2) is 84.3 Å². The van der Waals surface area contributed by atoms with Crippen molar-refractivity contribution < 1.29 is 0 Å². The summed E-state index contributed by atoms with van der Waals surface area (Å²) >= 11 is 7.66. The van der Waals surface area contributed by atoms with Gasteiger partial charge in [-0.15, -0.1) is 10.2 Å². The highest BCUT2D eigenvalue weighted by molar-refractivity contribution is 7.98. The molecule has 0 amide bonds. The van der Waals surface area contributed by atoms with Crippen molar-refractivity contribution in [3.05, 3.63) is 101 Å². The Hall–Kier alpha value is -2.63. The first-order chi connectivity index (χ1) is 13.3. The lowest BCUT2D eigenvalue weighted by Crippen LogP contribution is -2.03. The molecule has 0 aliphatic rings. The fourth-order valence-electron chi connectivity index (χ4n) is 2.76. The number of benzene rings is 2.